The Hall–Kier alpha value is -3.16. The molecule has 6 nitrogen and oxygen atoms in total. The molecule has 1 unspecified atom stereocenters. The van der Waals surface area contributed by atoms with Crippen LogP contribution in [0.1, 0.15) is 28.6 Å². The summed E-state index contributed by atoms with van der Waals surface area (Å²) in [4.78, 5) is 19.7. The standard InChI is InChI=1S/C26H28N4O2S/c1-18-7-8-23-20(13-18)14-30(15-24(32-23)19-10-12-33-17-19)16-26(31)27-11-9-25-28-21-5-3-4-6-22(21)29(25)2/h3-8,10,12-13,17,24H,9,11,14-16H2,1-2H3,(H,27,31). The molecule has 0 saturated carbocycles. The molecule has 0 spiro atoms. The first-order valence-corrected chi connectivity index (χ1v) is 12.2. The molecular weight excluding hydrogens is 432 g/mol. The number of carbonyl (C=O) groups excluding carboxylic acids is 1. The largest absolute Gasteiger partial charge is 0.484 e. The molecule has 7 heteroatoms. The zero-order chi connectivity index (χ0) is 22.8. The maximum absolute atomic E-state index is 12.8. The second-order valence-corrected chi connectivity index (χ2v) is 9.40. The summed E-state index contributed by atoms with van der Waals surface area (Å²) >= 11 is 1.66. The molecule has 3 heterocycles. The highest BCUT2D eigenvalue weighted by atomic mass is 32.1. The van der Waals surface area contributed by atoms with Crippen molar-refractivity contribution < 1.29 is 9.53 Å². The van der Waals surface area contributed by atoms with Crippen LogP contribution in [-0.4, -0.2) is 40.0 Å². The van der Waals surface area contributed by atoms with Gasteiger partial charge in [0.15, 0.2) is 0 Å². The number of para-hydroxylation sites is 2. The number of rotatable bonds is 6. The summed E-state index contributed by atoms with van der Waals surface area (Å²) in [6.07, 6.45) is 0.604. The minimum atomic E-state index is -0.0898. The summed E-state index contributed by atoms with van der Waals surface area (Å²) in [5, 5.41) is 7.27. The normalized spacial score (nSPS) is 16.2. The van der Waals surface area contributed by atoms with Crippen LogP contribution in [0.4, 0.5) is 0 Å². The molecule has 170 valence electrons. The number of ether oxygens (including phenoxy) is 1. The van der Waals surface area contributed by atoms with Crippen molar-refractivity contribution in [1.82, 2.24) is 19.8 Å². The fraction of sp³-hybridized carbons (Fsp3) is 0.308. The summed E-state index contributed by atoms with van der Waals surface area (Å²) in [5.74, 6) is 1.90. The van der Waals surface area contributed by atoms with Gasteiger partial charge in [-0.25, -0.2) is 4.98 Å². The number of hydrogen-bond donors (Lipinski definition) is 1. The minimum absolute atomic E-state index is 0.0222. The van der Waals surface area contributed by atoms with Crippen LogP contribution in [0.25, 0.3) is 11.0 Å². The lowest BCUT2D eigenvalue weighted by Crippen LogP contribution is -2.39. The molecule has 2 aromatic heterocycles. The van der Waals surface area contributed by atoms with Crippen molar-refractivity contribution in [2.45, 2.75) is 26.0 Å². The zero-order valence-corrected chi connectivity index (χ0v) is 19.8. The molecule has 1 N–H and O–H groups in total. The van der Waals surface area contributed by atoms with E-state index in [0.717, 1.165) is 33.7 Å². The number of aromatic nitrogens is 2. The van der Waals surface area contributed by atoms with Gasteiger partial charge in [0.25, 0.3) is 0 Å². The Kier molecular flexibility index (Phi) is 6.15. The number of imidazole rings is 1. The molecule has 5 rings (SSSR count). The Morgan fingerprint density at radius 3 is 2.94 bits per heavy atom. The predicted molar refractivity (Wildman–Crippen MR) is 132 cm³/mol. The number of nitrogens with zero attached hydrogens (tertiary/aromatic N) is 3. The molecule has 1 aliphatic rings. The number of carbonyl (C=O) groups is 1. The summed E-state index contributed by atoms with van der Waals surface area (Å²) in [6, 6.07) is 16.5. The summed E-state index contributed by atoms with van der Waals surface area (Å²) in [7, 11) is 2.02. The number of thiophene rings is 1. The van der Waals surface area contributed by atoms with Crippen molar-refractivity contribution in [2.24, 2.45) is 7.05 Å². The van der Waals surface area contributed by atoms with Crippen molar-refractivity contribution in [3.63, 3.8) is 0 Å². The molecule has 0 radical (unpaired) electrons. The lowest BCUT2D eigenvalue weighted by molar-refractivity contribution is -0.122. The summed E-state index contributed by atoms with van der Waals surface area (Å²) in [6.45, 7) is 4.34. The van der Waals surface area contributed by atoms with Crippen LogP contribution in [0.2, 0.25) is 0 Å². The zero-order valence-electron chi connectivity index (χ0n) is 19.0. The molecule has 0 fully saturated rings. The summed E-state index contributed by atoms with van der Waals surface area (Å²) in [5.41, 5.74) is 5.57. The third-order valence-electron chi connectivity index (χ3n) is 6.14. The number of benzene rings is 2. The number of fused-ring (bicyclic) bond motifs is 2. The fourth-order valence-electron chi connectivity index (χ4n) is 4.42. The SMILES string of the molecule is Cc1ccc2c(c1)CN(CC(=O)NCCc1nc3ccccc3n1C)CC(c1ccsc1)O2. The Labute approximate surface area is 197 Å². The van der Waals surface area contributed by atoms with Crippen LogP contribution in [0.5, 0.6) is 5.75 Å². The molecule has 0 bridgehead atoms. The lowest BCUT2D eigenvalue weighted by Gasteiger charge is -2.23. The lowest BCUT2D eigenvalue weighted by atomic mass is 10.1. The van der Waals surface area contributed by atoms with Crippen molar-refractivity contribution in [3.8, 4) is 5.75 Å². The Bertz CT molecular complexity index is 1260. The second-order valence-electron chi connectivity index (χ2n) is 8.62. The van der Waals surface area contributed by atoms with Gasteiger partial charge >= 0.3 is 0 Å². The Morgan fingerprint density at radius 1 is 1.24 bits per heavy atom. The monoisotopic (exact) mass is 460 g/mol. The average molecular weight is 461 g/mol. The van der Waals surface area contributed by atoms with Crippen LogP contribution < -0.4 is 10.1 Å². The predicted octanol–water partition coefficient (Wildman–Crippen LogP) is 4.24. The first kappa shape index (κ1) is 21.7. The molecule has 1 aliphatic heterocycles. The van der Waals surface area contributed by atoms with Gasteiger partial charge in [-0.05, 0) is 41.9 Å². The van der Waals surface area contributed by atoms with E-state index >= 15 is 0 Å². The van der Waals surface area contributed by atoms with Gasteiger partial charge < -0.3 is 14.6 Å². The van der Waals surface area contributed by atoms with E-state index in [-0.39, 0.29) is 12.0 Å². The van der Waals surface area contributed by atoms with E-state index < -0.39 is 0 Å². The van der Waals surface area contributed by atoms with Crippen LogP contribution in [0.15, 0.2) is 59.3 Å². The second kappa shape index (κ2) is 9.37. The van der Waals surface area contributed by atoms with Crippen molar-refractivity contribution in [3.05, 3.63) is 81.8 Å². The third kappa shape index (κ3) is 4.79. The molecule has 0 saturated heterocycles. The van der Waals surface area contributed by atoms with Crippen molar-refractivity contribution >= 4 is 28.3 Å². The Morgan fingerprint density at radius 2 is 2.12 bits per heavy atom. The van der Waals surface area contributed by atoms with Gasteiger partial charge in [0.05, 0.1) is 17.6 Å². The number of hydrogen-bond acceptors (Lipinski definition) is 5. The highest BCUT2D eigenvalue weighted by molar-refractivity contribution is 7.07. The first-order chi connectivity index (χ1) is 16.1. The van der Waals surface area contributed by atoms with E-state index in [0.29, 0.717) is 32.6 Å². The molecular formula is C26H28N4O2S. The van der Waals surface area contributed by atoms with Crippen LogP contribution in [-0.2, 0) is 24.8 Å². The van der Waals surface area contributed by atoms with E-state index in [1.54, 1.807) is 11.3 Å². The van der Waals surface area contributed by atoms with E-state index in [4.69, 9.17) is 9.72 Å². The van der Waals surface area contributed by atoms with Gasteiger partial charge in [-0.3, -0.25) is 9.69 Å². The fourth-order valence-corrected chi connectivity index (χ4v) is 5.12. The molecule has 4 aromatic rings. The molecule has 1 amide bonds. The Balaban J connectivity index is 1.24. The van der Waals surface area contributed by atoms with E-state index in [1.165, 1.54) is 5.56 Å². The van der Waals surface area contributed by atoms with Gasteiger partial charge in [0.2, 0.25) is 5.91 Å². The van der Waals surface area contributed by atoms with Gasteiger partial charge in [-0.2, -0.15) is 11.3 Å². The number of nitrogens with one attached hydrogen (secondary N) is 1. The topological polar surface area (TPSA) is 59.4 Å². The maximum Gasteiger partial charge on any atom is 0.234 e. The van der Waals surface area contributed by atoms with Crippen LogP contribution >= 0.6 is 11.3 Å². The minimum Gasteiger partial charge on any atom is -0.484 e. The van der Waals surface area contributed by atoms with Crippen molar-refractivity contribution in [2.75, 3.05) is 19.6 Å². The highest BCUT2D eigenvalue weighted by Crippen LogP contribution is 2.32. The summed E-state index contributed by atoms with van der Waals surface area (Å²) < 4.78 is 8.47. The van der Waals surface area contributed by atoms with Gasteiger partial charge in [-0.15, -0.1) is 0 Å². The van der Waals surface area contributed by atoms with Gasteiger partial charge in [0.1, 0.15) is 17.7 Å². The highest BCUT2D eigenvalue weighted by Gasteiger charge is 2.26. The quantitative estimate of drug-likeness (QED) is 0.468. The van der Waals surface area contributed by atoms with Crippen LogP contribution in [0.3, 0.4) is 0 Å². The van der Waals surface area contributed by atoms with E-state index in [1.807, 2.05) is 31.3 Å². The van der Waals surface area contributed by atoms with Crippen LogP contribution in [0, 0.1) is 6.92 Å². The van der Waals surface area contributed by atoms with Crippen molar-refractivity contribution in [1.29, 1.82) is 0 Å². The average Bonchev–Trinajstić information content (AvgIpc) is 3.40. The molecule has 1 atom stereocenters. The molecule has 0 aliphatic carbocycles. The van der Waals surface area contributed by atoms with Gasteiger partial charge in [0, 0.05) is 44.2 Å². The number of amides is 1. The number of aryl methyl sites for hydroxylation is 2. The van der Waals surface area contributed by atoms with Gasteiger partial charge in [-0.1, -0.05) is 29.8 Å². The molecule has 33 heavy (non-hydrogen) atoms. The van der Waals surface area contributed by atoms with E-state index in [2.05, 4.69) is 56.7 Å². The molecule has 2 aromatic carbocycles. The van der Waals surface area contributed by atoms with E-state index in [9.17, 15) is 4.79 Å². The smallest absolute Gasteiger partial charge is 0.234 e. The third-order valence-corrected chi connectivity index (χ3v) is 6.84. The first-order valence-electron chi connectivity index (χ1n) is 11.2. The maximum atomic E-state index is 12.8.